The number of hydrogen-bond acceptors (Lipinski definition) is 7. The molecule has 0 saturated heterocycles. The molecule has 5 aromatic rings. The normalized spacial score (nSPS) is 14.2. The Balaban J connectivity index is 1.27. The lowest BCUT2D eigenvalue weighted by atomic mass is 9.83. The van der Waals surface area contributed by atoms with E-state index in [1.165, 1.54) is 0 Å². The Morgan fingerprint density at radius 2 is 1.80 bits per heavy atom. The molecule has 0 aliphatic carbocycles. The summed E-state index contributed by atoms with van der Waals surface area (Å²) >= 11 is 5.98. The summed E-state index contributed by atoms with van der Waals surface area (Å²) in [4.78, 5) is 13.0. The zero-order chi connectivity index (χ0) is 28.5. The molecule has 202 valence electrons. The molecule has 1 aliphatic rings. The molecule has 0 radical (unpaired) electrons. The summed E-state index contributed by atoms with van der Waals surface area (Å²) in [5.74, 6) is 0.237. The fourth-order valence-electron chi connectivity index (χ4n) is 4.90. The fourth-order valence-corrected chi connectivity index (χ4v) is 5.02. The molecule has 0 spiro atoms. The van der Waals surface area contributed by atoms with Crippen molar-refractivity contribution in [2.24, 2.45) is 5.73 Å². The Hall–Kier alpha value is -5.19. The fraction of sp³-hybridized carbons (Fsp3) is 0.0909. The van der Waals surface area contributed by atoms with Crippen LogP contribution in [0.1, 0.15) is 38.7 Å². The maximum absolute atomic E-state index is 13.0. The number of furan rings is 1. The minimum Gasteiger partial charge on any atom is -0.489 e. The molecule has 8 heteroatoms. The maximum Gasteiger partial charge on any atom is 0.379 e. The Morgan fingerprint density at radius 1 is 1.00 bits per heavy atom. The summed E-state index contributed by atoms with van der Waals surface area (Å²) in [5, 5.41) is 11.5. The zero-order valence-electron chi connectivity index (χ0n) is 21.9. The molecular weight excluding hydrogens is 540 g/mol. The van der Waals surface area contributed by atoms with Gasteiger partial charge in [-0.1, -0.05) is 60.1 Å². The predicted octanol–water partition coefficient (Wildman–Crippen LogP) is 7.41. The number of rotatable bonds is 6. The molecule has 7 nitrogen and oxygen atoms in total. The van der Waals surface area contributed by atoms with Crippen LogP contribution in [0.4, 0.5) is 0 Å². The van der Waals surface area contributed by atoms with Crippen LogP contribution in [0.3, 0.4) is 0 Å². The van der Waals surface area contributed by atoms with Gasteiger partial charge >= 0.3 is 5.97 Å². The smallest absolute Gasteiger partial charge is 0.379 e. The number of para-hydroxylation sites is 1. The van der Waals surface area contributed by atoms with Gasteiger partial charge in [-0.05, 0) is 54.4 Å². The maximum atomic E-state index is 13.0. The van der Waals surface area contributed by atoms with Gasteiger partial charge in [-0.25, -0.2) is 4.79 Å². The van der Waals surface area contributed by atoms with Gasteiger partial charge in [0.15, 0.2) is 0 Å². The van der Waals surface area contributed by atoms with Gasteiger partial charge in [0.25, 0.3) is 0 Å². The lowest BCUT2D eigenvalue weighted by Crippen LogP contribution is -2.21. The van der Waals surface area contributed by atoms with Crippen LogP contribution in [0, 0.1) is 18.3 Å². The van der Waals surface area contributed by atoms with Crippen LogP contribution < -0.4 is 19.9 Å². The SMILES string of the molecule is Cc1c(C(=O)Oc2ccc3c(c2)OC(N)=C(C#N)C3c2cccc(OCc3ccc(Cl)cc3)c2)oc2ccccc12. The highest BCUT2D eigenvalue weighted by Gasteiger charge is 2.31. The van der Waals surface area contributed by atoms with Gasteiger partial charge in [-0.2, -0.15) is 5.26 Å². The van der Waals surface area contributed by atoms with Crippen molar-refractivity contribution in [3.63, 3.8) is 0 Å². The third-order valence-electron chi connectivity index (χ3n) is 6.94. The number of ether oxygens (including phenoxy) is 3. The van der Waals surface area contributed by atoms with Gasteiger partial charge < -0.3 is 24.4 Å². The first-order valence-electron chi connectivity index (χ1n) is 12.8. The second-order valence-electron chi connectivity index (χ2n) is 9.55. The van der Waals surface area contributed by atoms with Crippen LogP contribution in [-0.2, 0) is 6.61 Å². The summed E-state index contributed by atoms with van der Waals surface area (Å²) in [6, 6.07) is 29.5. The molecule has 2 heterocycles. The van der Waals surface area contributed by atoms with E-state index in [4.69, 9.17) is 36.0 Å². The Labute approximate surface area is 240 Å². The molecule has 6 rings (SSSR count). The van der Waals surface area contributed by atoms with Gasteiger partial charge in [-0.15, -0.1) is 0 Å². The van der Waals surface area contributed by atoms with Gasteiger partial charge in [0.05, 0.1) is 5.92 Å². The van der Waals surface area contributed by atoms with E-state index in [-0.39, 0.29) is 23.0 Å². The molecule has 2 N–H and O–H groups in total. The molecule has 41 heavy (non-hydrogen) atoms. The largest absolute Gasteiger partial charge is 0.489 e. The third kappa shape index (κ3) is 5.09. The number of halogens is 1. The Kier molecular flexibility index (Phi) is 6.84. The highest BCUT2D eigenvalue weighted by Crippen LogP contribution is 2.44. The van der Waals surface area contributed by atoms with E-state index >= 15 is 0 Å². The topological polar surface area (TPSA) is 108 Å². The van der Waals surface area contributed by atoms with Gasteiger partial charge in [0.2, 0.25) is 11.6 Å². The van der Waals surface area contributed by atoms with Crippen molar-refractivity contribution in [3.05, 3.63) is 135 Å². The average molecular weight is 563 g/mol. The van der Waals surface area contributed by atoms with E-state index in [0.29, 0.717) is 39.8 Å². The minimum absolute atomic E-state index is 0.0194. The van der Waals surface area contributed by atoms with Gasteiger partial charge in [0, 0.05) is 27.6 Å². The number of esters is 1. The van der Waals surface area contributed by atoms with Crippen LogP contribution in [0.5, 0.6) is 17.2 Å². The summed E-state index contributed by atoms with van der Waals surface area (Å²) in [7, 11) is 0. The quantitative estimate of drug-likeness (QED) is 0.169. The molecule has 1 atom stereocenters. The Bertz CT molecular complexity index is 1870. The van der Waals surface area contributed by atoms with Gasteiger partial charge in [-0.3, -0.25) is 0 Å². The van der Waals surface area contributed by atoms with Crippen molar-refractivity contribution in [2.75, 3.05) is 0 Å². The number of nitrogens with zero attached hydrogens (tertiary/aromatic N) is 1. The van der Waals surface area contributed by atoms with Crippen molar-refractivity contribution in [3.8, 4) is 23.3 Å². The summed E-state index contributed by atoms with van der Waals surface area (Å²) in [6.07, 6.45) is 0. The monoisotopic (exact) mass is 562 g/mol. The van der Waals surface area contributed by atoms with E-state index in [2.05, 4.69) is 6.07 Å². The number of aryl methyl sites for hydroxylation is 1. The van der Waals surface area contributed by atoms with E-state index in [1.807, 2.05) is 73.7 Å². The number of allylic oxidation sites excluding steroid dienone is 1. The van der Waals surface area contributed by atoms with Crippen LogP contribution in [0.25, 0.3) is 11.0 Å². The summed E-state index contributed by atoms with van der Waals surface area (Å²) in [5.41, 5.74) is 10.2. The molecule has 0 fully saturated rings. The molecule has 0 amide bonds. The number of nitriles is 1. The van der Waals surface area contributed by atoms with Crippen molar-refractivity contribution in [2.45, 2.75) is 19.4 Å². The molecule has 1 unspecified atom stereocenters. The number of hydrogen-bond donors (Lipinski definition) is 1. The van der Waals surface area contributed by atoms with Crippen molar-refractivity contribution in [1.29, 1.82) is 5.26 Å². The molecule has 1 aliphatic heterocycles. The van der Waals surface area contributed by atoms with E-state index in [9.17, 15) is 10.1 Å². The number of benzene rings is 4. The number of nitrogens with two attached hydrogens (primary N) is 1. The van der Waals surface area contributed by atoms with Gasteiger partial charge in [0.1, 0.15) is 41.1 Å². The van der Waals surface area contributed by atoms with Crippen LogP contribution in [0.15, 0.2) is 107 Å². The molecular formula is C33H23ClN2O5. The number of fused-ring (bicyclic) bond motifs is 2. The van der Waals surface area contributed by atoms with Crippen molar-refractivity contribution in [1.82, 2.24) is 0 Å². The summed E-state index contributed by atoms with van der Waals surface area (Å²) in [6.45, 7) is 2.17. The number of carbonyl (C=O) groups is 1. The van der Waals surface area contributed by atoms with Crippen LogP contribution in [-0.4, -0.2) is 5.97 Å². The predicted molar refractivity (Wildman–Crippen MR) is 154 cm³/mol. The molecule has 0 saturated carbocycles. The molecule has 4 aromatic carbocycles. The lowest BCUT2D eigenvalue weighted by Gasteiger charge is -2.27. The van der Waals surface area contributed by atoms with Crippen LogP contribution in [0.2, 0.25) is 5.02 Å². The summed E-state index contributed by atoms with van der Waals surface area (Å²) < 4.78 is 23.2. The third-order valence-corrected chi connectivity index (χ3v) is 7.19. The zero-order valence-corrected chi connectivity index (χ0v) is 22.6. The second kappa shape index (κ2) is 10.8. The first-order chi connectivity index (χ1) is 19.9. The number of carbonyl (C=O) groups excluding carboxylic acids is 1. The van der Waals surface area contributed by atoms with E-state index < -0.39 is 11.9 Å². The lowest BCUT2D eigenvalue weighted by molar-refractivity contribution is 0.0702. The average Bonchev–Trinajstić information content (AvgIpc) is 3.32. The van der Waals surface area contributed by atoms with Crippen LogP contribution >= 0.6 is 11.6 Å². The standard InChI is InChI=1S/C33H23ClN2O5/c1-19-25-7-2-3-8-28(25)40-31(19)33(37)39-24-13-14-26-29(16-24)41-32(36)27(17-35)30(26)21-5-4-6-23(15-21)38-18-20-9-11-22(34)12-10-20/h2-16,30H,18,36H2,1H3. The second-order valence-corrected chi connectivity index (χ2v) is 9.99. The van der Waals surface area contributed by atoms with E-state index in [0.717, 1.165) is 16.5 Å². The highest BCUT2D eigenvalue weighted by atomic mass is 35.5. The molecule has 1 aromatic heterocycles. The minimum atomic E-state index is -0.627. The first-order valence-corrected chi connectivity index (χ1v) is 13.2. The Morgan fingerprint density at radius 3 is 2.59 bits per heavy atom. The highest BCUT2D eigenvalue weighted by molar-refractivity contribution is 6.30. The molecule has 0 bridgehead atoms. The van der Waals surface area contributed by atoms with E-state index in [1.54, 1.807) is 24.3 Å². The first kappa shape index (κ1) is 26.1. The van der Waals surface area contributed by atoms with Crippen molar-refractivity contribution < 1.29 is 23.4 Å². The van der Waals surface area contributed by atoms with Crippen molar-refractivity contribution >= 4 is 28.5 Å².